The SMILES string of the molecule is C[C@]12C[C@@H](NC(=S)N1c1ccccc1)c1cc(Br)ccc1O2. The average molecular weight is 375 g/mol. The Balaban J connectivity index is 1.81. The lowest BCUT2D eigenvalue weighted by Crippen LogP contribution is -2.65. The van der Waals surface area contributed by atoms with Crippen LogP contribution in [-0.2, 0) is 0 Å². The molecule has 2 atom stereocenters. The standard InChI is InChI=1S/C17H15BrN2OS/c1-17-10-14(13-9-11(18)7-8-15(13)21-17)19-16(22)20(17)12-5-3-2-4-6-12/h2-9,14H,10H2,1H3,(H,19,22)/t14-,17+/m1/s1. The summed E-state index contributed by atoms with van der Waals surface area (Å²) in [4.78, 5) is 2.07. The highest BCUT2D eigenvalue weighted by Gasteiger charge is 2.48. The van der Waals surface area contributed by atoms with Crippen molar-refractivity contribution < 1.29 is 4.74 Å². The number of fused-ring (bicyclic) bond motifs is 4. The maximum atomic E-state index is 6.36. The van der Waals surface area contributed by atoms with Crippen LogP contribution in [0.25, 0.3) is 0 Å². The molecular formula is C17H15BrN2OS. The highest BCUT2D eigenvalue weighted by atomic mass is 79.9. The molecule has 2 aromatic rings. The number of thiocarbonyl (C=S) groups is 1. The molecule has 4 rings (SSSR count). The van der Waals surface area contributed by atoms with Gasteiger partial charge in [0.05, 0.1) is 6.04 Å². The van der Waals surface area contributed by atoms with E-state index in [4.69, 9.17) is 17.0 Å². The van der Waals surface area contributed by atoms with Crippen LogP contribution in [0, 0.1) is 0 Å². The van der Waals surface area contributed by atoms with E-state index in [9.17, 15) is 0 Å². The van der Waals surface area contributed by atoms with Crippen molar-refractivity contribution in [3.63, 3.8) is 0 Å². The number of hydrogen-bond acceptors (Lipinski definition) is 2. The van der Waals surface area contributed by atoms with Crippen LogP contribution in [0.1, 0.15) is 24.9 Å². The van der Waals surface area contributed by atoms with Crippen molar-refractivity contribution in [2.24, 2.45) is 0 Å². The maximum absolute atomic E-state index is 6.36. The Morgan fingerprint density at radius 3 is 2.82 bits per heavy atom. The van der Waals surface area contributed by atoms with Crippen molar-refractivity contribution in [3.8, 4) is 5.75 Å². The van der Waals surface area contributed by atoms with Crippen LogP contribution in [0.2, 0.25) is 0 Å². The lowest BCUT2D eigenvalue weighted by atomic mass is 9.90. The Morgan fingerprint density at radius 2 is 2.05 bits per heavy atom. The molecule has 0 aromatic heterocycles. The van der Waals surface area contributed by atoms with Gasteiger partial charge in [-0.05, 0) is 49.5 Å². The summed E-state index contributed by atoms with van der Waals surface area (Å²) < 4.78 is 7.41. The predicted molar refractivity (Wildman–Crippen MR) is 95.2 cm³/mol. The van der Waals surface area contributed by atoms with Crippen molar-refractivity contribution in [2.45, 2.75) is 25.1 Å². The number of anilines is 1. The fourth-order valence-corrected chi connectivity index (χ4v) is 4.13. The van der Waals surface area contributed by atoms with Gasteiger partial charge in [0, 0.05) is 22.1 Å². The first-order valence-electron chi connectivity index (χ1n) is 7.21. The van der Waals surface area contributed by atoms with Crippen molar-refractivity contribution in [3.05, 3.63) is 58.6 Å². The third-order valence-corrected chi connectivity index (χ3v) is 5.04. The molecule has 1 N–H and O–H groups in total. The lowest BCUT2D eigenvalue weighted by Gasteiger charge is -2.52. The first-order valence-corrected chi connectivity index (χ1v) is 8.41. The minimum atomic E-state index is -0.477. The van der Waals surface area contributed by atoms with E-state index >= 15 is 0 Å². The van der Waals surface area contributed by atoms with E-state index in [-0.39, 0.29) is 6.04 Å². The maximum Gasteiger partial charge on any atom is 0.188 e. The largest absolute Gasteiger partial charge is 0.467 e. The molecule has 112 valence electrons. The Morgan fingerprint density at radius 1 is 1.27 bits per heavy atom. The molecule has 2 bridgehead atoms. The fourth-order valence-electron chi connectivity index (χ4n) is 3.31. The smallest absolute Gasteiger partial charge is 0.188 e. The third-order valence-electron chi connectivity index (χ3n) is 4.25. The van der Waals surface area contributed by atoms with Gasteiger partial charge in [-0.3, -0.25) is 4.90 Å². The van der Waals surface area contributed by atoms with Crippen molar-refractivity contribution in [2.75, 3.05) is 4.90 Å². The highest BCUT2D eigenvalue weighted by molar-refractivity contribution is 9.10. The molecule has 0 saturated carbocycles. The summed E-state index contributed by atoms with van der Waals surface area (Å²) in [6.45, 7) is 2.10. The summed E-state index contributed by atoms with van der Waals surface area (Å²) in [6.07, 6.45) is 0.839. The van der Waals surface area contributed by atoms with E-state index in [0.717, 1.165) is 27.9 Å². The van der Waals surface area contributed by atoms with Crippen LogP contribution in [0.5, 0.6) is 5.75 Å². The summed E-state index contributed by atoms with van der Waals surface area (Å²) in [5, 5.41) is 4.17. The summed E-state index contributed by atoms with van der Waals surface area (Å²) in [5.41, 5.74) is 1.72. The molecule has 1 saturated heterocycles. The lowest BCUT2D eigenvalue weighted by molar-refractivity contribution is 0.0497. The minimum absolute atomic E-state index is 0.179. The zero-order chi connectivity index (χ0) is 15.3. The normalized spacial score (nSPS) is 26.0. The van der Waals surface area contributed by atoms with Crippen LogP contribution < -0.4 is 15.0 Å². The molecule has 2 aromatic carbocycles. The Hall–Kier alpha value is -1.59. The van der Waals surface area contributed by atoms with E-state index in [0.29, 0.717) is 5.11 Å². The Labute approximate surface area is 143 Å². The van der Waals surface area contributed by atoms with Crippen LogP contribution >= 0.6 is 28.1 Å². The van der Waals surface area contributed by atoms with Crippen LogP contribution in [0.15, 0.2) is 53.0 Å². The summed E-state index contributed by atoms with van der Waals surface area (Å²) in [7, 11) is 0. The molecule has 2 heterocycles. The Kier molecular flexibility index (Phi) is 3.16. The number of ether oxygens (including phenoxy) is 1. The molecule has 2 aliphatic heterocycles. The van der Waals surface area contributed by atoms with Crippen LogP contribution in [0.4, 0.5) is 5.69 Å². The summed E-state index contributed by atoms with van der Waals surface area (Å²) in [6, 6.07) is 16.5. The first-order chi connectivity index (χ1) is 10.6. The number of benzene rings is 2. The second kappa shape index (κ2) is 4.96. The monoisotopic (exact) mass is 374 g/mol. The summed E-state index contributed by atoms with van der Waals surface area (Å²) >= 11 is 9.15. The minimum Gasteiger partial charge on any atom is -0.467 e. The van der Waals surface area contributed by atoms with Gasteiger partial charge in [-0.15, -0.1) is 0 Å². The molecule has 0 amide bonds. The van der Waals surface area contributed by atoms with E-state index in [2.05, 4.69) is 51.3 Å². The number of hydrogen-bond donors (Lipinski definition) is 1. The topological polar surface area (TPSA) is 24.5 Å². The second-order valence-corrected chi connectivity index (χ2v) is 7.14. The van der Waals surface area contributed by atoms with Crippen LogP contribution in [0.3, 0.4) is 0 Å². The van der Waals surface area contributed by atoms with Gasteiger partial charge < -0.3 is 10.1 Å². The number of rotatable bonds is 1. The van der Waals surface area contributed by atoms with Crippen LogP contribution in [-0.4, -0.2) is 10.8 Å². The molecule has 0 radical (unpaired) electrons. The number of para-hydroxylation sites is 1. The molecule has 0 aliphatic carbocycles. The molecule has 1 fully saturated rings. The molecule has 2 aliphatic rings. The molecule has 5 heteroatoms. The van der Waals surface area contributed by atoms with E-state index in [1.807, 2.05) is 30.3 Å². The molecular weight excluding hydrogens is 360 g/mol. The van der Waals surface area contributed by atoms with Gasteiger partial charge in [0.2, 0.25) is 0 Å². The molecule has 0 unspecified atom stereocenters. The Bertz CT molecular complexity index is 752. The van der Waals surface area contributed by atoms with Gasteiger partial charge in [0.25, 0.3) is 0 Å². The zero-order valence-electron chi connectivity index (χ0n) is 12.0. The molecule has 0 spiro atoms. The number of halogens is 1. The predicted octanol–water partition coefficient (Wildman–Crippen LogP) is 4.38. The van der Waals surface area contributed by atoms with E-state index < -0.39 is 5.72 Å². The van der Waals surface area contributed by atoms with Crippen molar-refractivity contribution in [1.82, 2.24) is 5.32 Å². The van der Waals surface area contributed by atoms with Crippen molar-refractivity contribution in [1.29, 1.82) is 0 Å². The molecule has 3 nitrogen and oxygen atoms in total. The van der Waals surface area contributed by atoms with Gasteiger partial charge >= 0.3 is 0 Å². The van der Waals surface area contributed by atoms with E-state index in [1.165, 1.54) is 0 Å². The van der Waals surface area contributed by atoms with Gasteiger partial charge in [-0.25, -0.2) is 0 Å². The zero-order valence-corrected chi connectivity index (χ0v) is 14.4. The van der Waals surface area contributed by atoms with Gasteiger partial charge in [-0.1, -0.05) is 34.1 Å². The third kappa shape index (κ3) is 2.11. The second-order valence-electron chi connectivity index (χ2n) is 5.84. The molecule has 22 heavy (non-hydrogen) atoms. The van der Waals surface area contributed by atoms with Gasteiger partial charge in [0.15, 0.2) is 10.8 Å². The van der Waals surface area contributed by atoms with Gasteiger partial charge in [-0.2, -0.15) is 0 Å². The summed E-state index contributed by atoms with van der Waals surface area (Å²) in [5.74, 6) is 0.915. The number of nitrogens with zero attached hydrogens (tertiary/aromatic N) is 1. The first kappa shape index (κ1) is 14.0. The van der Waals surface area contributed by atoms with E-state index in [1.54, 1.807) is 0 Å². The quantitative estimate of drug-likeness (QED) is 0.748. The fraction of sp³-hybridized carbons (Fsp3) is 0.235. The van der Waals surface area contributed by atoms with Gasteiger partial charge in [0.1, 0.15) is 5.75 Å². The average Bonchev–Trinajstić information content (AvgIpc) is 2.48. The van der Waals surface area contributed by atoms with Crippen molar-refractivity contribution >= 4 is 38.9 Å². The highest BCUT2D eigenvalue weighted by Crippen LogP contribution is 2.46. The number of nitrogens with one attached hydrogen (secondary N) is 1.